The van der Waals surface area contributed by atoms with Gasteiger partial charge in [0.1, 0.15) is 23.2 Å². The number of carbonyl (C=O) groups excluding carboxylic acids is 1. The molecule has 1 aliphatic heterocycles. The number of nitrogens with one attached hydrogen (secondary N) is 2. The average Bonchev–Trinajstić information content (AvgIpc) is 3.15. The molecule has 2 aromatic heterocycles. The summed E-state index contributed by atoms with van der Waals surface area (Å²) in [5, 5.41) is 8.06. The lowest BCUT2D eigenvalue weighted by molar-refractivity contribution is 0.0950. The minimum atomic E-state index is -0.128. The van der Waals surface area contributed by atoms with Gasteiger partial charge in [0.15, 0.2) is 0 Å². The Balaban J connectivity index is 1.53. The summed E-state index contributed by atoms with van der Waals surface area (Å²) in [6.45, 7) is 5.06. The number of carbonyl (C=O) groups is 1. The number of aromatic amines is 1. The predicted molar refractivity (Wildman–Crippen MR) is 102 cm³/mol. The minimum Gasteiger partial charge on any atom is -0.350 e. The van der Waals surface area contributed by atoms with E-state index >= 15 is 0 Å². The highest BCUT2D eigenvalue weighted by molar-refractivity contribution is 6.30. The number of aromatic nitrogens is 5. The molecule has 3 aromatic rings. The zero-order valence-electron chi connectivity index (χ0n) is 15.3. The van der Waals surface area contributed by atoms with Crippen molar-refractivity contribution in [1.29, 1.82) is 0 Å². The number of hydrogen-bond acceptors (Lipinski definition) is 4. The van der Waals surface area contributed by atoms with E-state index < -0.39 is 0 Å². The van der Waals surface area contributed by atoms with Crippen LogP contribution in [0.15, 0.2) is 24.3 Å². The van der Waals surface area contributed by atoms with Crippen molar-refractivity contribution in [2.75, 3.05) is 6.54 Å². The van der Waals surface area contributed by atoms with Crippen molar-refractivity contribution in [3.63, 3.8) is 0 Å². The van der Waals surface area contributed by atoms with E-state index in [1.165, 1.54) is 0 Å². The SMILES string of the molecule is Cc1nc(C)n(CCc2nc3c([nH]2)C[C@H](c2ccc(Cl)cc2)CNC3=O)n1. The van der Waals surface area contributed by atoms with Gasteiger partial charge in [-0.2, -0.15) is 5.10 Å². The van der Waals surface area contributed by atoms with Crippen LogP contribution < -0.4 is 5.32 Å². The Morgan fingerprint density at radius 2 is 2.00 bits per heavy atom. The predicted octanol–water partition coefficient (Wildman–Crippen LogP) is 2.58. The molecule has 1 atom stereocenters. The fraction of sp³-hybridized carbons (Fsp3) is 0.368. The number of halogens is 1. The van der Waals surface area contributed by atoms with Gasteiger partial charge in [0.05, 0.1) is 6.54 Å². The van der Waals surface area contributed by atoms with E-state index in [1.807, 2.05) is 42.8 Å². The number of aryl methyl sites for hydroxylation is 4. The second-order valence-corrected chi connectivity index (χ2v) is 7.29. The van der Waals surface area contributed by atoms with Crippen molar-refractivity contribution < 1.29 is 4.79 Å². The van der Waals surface area contributed by atoms with Crippen LogP contribution in [0.25, 0.3) is 0 Å². The van der Waals surface area contributed by atoms with E-state index in [-0.39, 0.29) is 11.8 Å². The van der Waals surface area contributed by atoms with Crippen LogP contribution in [-0.2, 0) is 19.4 Å². The van der Waals surface area contributed by atoms with Gasteiger partial charge in [-0.05, 0) is 38.0 Å². The Bertz CT molecular complexity index is 975. The van der Waals surface area contributed by atoms with Crippen molar-refractivity contribution in [1.82, 2.24) is 30.0 Å². The molecule has 0 bridgehead atoms. The van der Waals surface area contributed by atoms with Gasteiger partial charge < -0.3 is 10.3 Å². The smallest absolute Gasteiger partial charge is 0.271 e. The summed E-state index contributed by atoms with van der Waals surface area (Å²) in [6.07, 6.45) is 1.39. The number of fused-ring (bicyclic) bond motifs is 1. The zero-order valence-corrected chi connectivity index (χ0v) is 16.0. The fourth-order valence-corrected chi connectivity index (χ4v) is 3.62. The molecule has 7 nitrogen and oxygen atoms in total. The van der Waals surface area contributed by atoms with Crippen LogP contribution in [0.2, 0.25) is 5.02 Å². The maximum atomic E-state index is 12.4. The molecule has 1 aliphatic rings. The van der Waals surface area contributed by atoms with Gasteiger partial charge in [-0.25, -0.2) is 14.6 Å². The van der Waals surface area contributed by atoms with E-state index in [2.05, 4.69) is 25.4 Å². The van der Waals surface area contributed by atoms with Crippen molar-refractivity contribution in [2.24, 2.45) is 0 Å². The molecule has 0 unspecified atom stereocenters. The van der Waals surface area contributed by atoms with Crippen molar-refractivity contribution >= 4 is 17.5 Å². The summed E-state index contributed by atoms with van der Waals surface area (Å²) < 4.78 is 1.86. The third-order valence-corrected chi connectivity index (χ3v) is 5.12. The zero-order chi connectivity index (χ0) is 19.0. The first kappa shape index (κ1) is 17.7. The van der Waals surface area contributed by atoms with Gasteiger partial charge in [-0.15, -0.1) is 0 Å². The number of nitrogens with zero attached hydrogens (tertiary/aromatic N) is 4. The fourth-order valence-electron chi connectivity index (χ4n) is 3.49. The molecule has 140 valence electrons. The number of hydrogen-bond donors (Lipinski definition) is 2. The molecule has 0 saturated heterocycles. The van der Waals surface area contributed by atoms with Gasteiger partial charge in [0.2, 0.25) is 0 Å². The quantitative estimate of drug-likeness (QED) is 0.723. The summed E-state index contributed by atoms with van der Waals surface area (Å²) in [6, 6.07) is 7.78. The van der Waals surface area contributed by atoms with Crippen LogP contribution in [-0.4, -0.2) is 37.2 Å². The number of imidazole rings is 1. The molecule has 0 saturated carbocycles. The molecule has 2 N–H and O–H groups in total. The Labute approximate surface area is 162 Å². The maximum Gasteiger partial charge on any atom is 0.271 e. The Hall–Kier alpha value is -2.67. The van der Waals surface area contributed by atoms with E-state index in [1.54, 1.807) is 0 Å². The highest BCUT2D eigenvalue weighted by atomic mass is 35.5. The summed E-state index contributed by atoms with van der Waals surface area (Å²) in [7, 11) is 0. The molecule has 0 fully saturated rings. The second kappa shape index (κ2) is 7.15. The second-order valence-electron chi connectivity index (χ2n) is 6.85. The average molecular weight is 385 g/mol. The number of benzene rings is 1. The minimum absolute atomic E-state index is 0.128. The lowest BCUT2D eigenvalue weighted by atomic mass is 9.94. The lowest BCUT2D eigenvalue weighted by Crippen LogP contribution is -2.26. The summed E-state index contributed by atoms with van der Waals surface area (Å²) in [5.41, 5.74) is 2.52. The molecule has 8 heteroatoms. The van der Waals surface area contributed by atoms with Crippen LogP contribution in [0.4, 0.5) is 0 Å². The van der Waals surface area contributed by atoms with E-state index in [9.17, 15) is 4.79 Å². The maximum absolute atomic E-state index is 12.4. The monoisotopic (exact) mass is 384 g/mol. The highest BCUT2D eigenvalue weighted by Gasteiger charge is 2.26. The van der Waals surface area contributed by atoms with Crippen LogP contribution in [0.1, 0.15) is 45.1 Å². The van der Waals surface area contributed by atoms with Crippen molar-refractivity contribution in [3.05, 3.63) is 63.7 Å². The van der Waals surface area contributed by atoms with Crippen LogP contribution >= 0.6 is 11.6 Å². The molecule has 3 heterocycles. The number of amides is 1. The molecule has 1 amide bonds. The van der Waals surface area contributed by atoms with Crippen molar-refractivity contribution in [2.45, 2.75) is 39.2 Å². The standard InChI is InChI=1S/C19H21ClN6O/c1-11-22-12(2)26(25-11)8-7-17-23-16-9-14(10-21-19(27)18(16)24-17)13-3-5-15(20)6-4-13/h3-6,14H,7-10H2,1-2H3,(H,21,27)(H,23,24)/t14-/m0/s1. The Morgan fingerprint density at radius 3 is 2.70 bits per heavy atom. The first-order chi connectivity index (χ1) is 13.0. The van der Waals surface area contributed by atoms with E-state index in [0.717, 1.165) is 35.2 Å². The van der Waals surface area contributed by atoms with Gasteiger partial charge in [-0.3, -0.25) is 4.79 Å². The molecule has 4 rings (SSSR count). The largest absolute Gasteiger partial charge is 0.350 e. The highest BCUT2D eigenvalue weighted by Crippen LogP contribution is 2.25. The van der Waals surface area contributed by atoms with Crippen LogP contribution in [0.3, 0.4) is 0 Å². The number of H-pyrrole nitrogens is 1. The van der Waals surface area contributed by atoms with Gasteiger partial charge in [0.25, 0.3) is 5.91 Å². The first-order valence-corrected chi connectivity index (χ1v) is 9.37. The van der Waals surface area contributed by atoms with Gasteiger partial charge in [0, 0.05) is 29.6 Å². The molecule has 1 aromatic carbocycles. The Kier molecular flexibility index (Phi) is 4.70. The normalized spacial score (nSPS) is 16.7. The molecular formula is C19H21ClN6O. The van der Waals surface area contributed by atoms with E-state index in [0.29, 0.717) is 30.2 Å². The summed E-state index contributed by atoms with van der Waals surface area (Å²) >= 11 is 5.99. The van der Waals surface area contributed by atoms with Gasteiger partial charge >= 0.3 is 0 Å². The molecular weight excluding hydrogens is 364 g/mol. The first-order valence-electron chi connectivity index (χ1n) is 8.99. The van der Waals surface area contributed by atoms with E-state index in [4.69, 9.17) is 11.6 Å². The molecule has 0 spiro atoms. The summed E-state index contributed by atoms with van der Waals surface area (Å²) in [4.78, 5) is 24.6. The third kappa shape index (κ3) is 3.73. The topological polar surface area (TPSA) is 88.5 Å². The number of rotatable bonds is 4. The summed E-state index contributed by atoms with van der Waals surface area (Å²) in [5.74, 6) is 2.48. The van der Waals surface area contributed by atoms with Gasteiger partial charge in [-0.1, -0.05) is 23.7 Å². The third-order valence-electron chi connectivity index (χ3n) is 4.87. The Morgan fingerprint density at radius 1 is 1.22 bits per heavy atom. The lowest BCUT2D eigenvalue weighted by Gasteiger charge is -2.14. The van der Waals surface area contributed by atoms with Crippen LogP contribution in [0.5, 0.6) is 0 Å². The van der Waals surface area contributed by atoms with Crippen molar-refractivity contribution in [3.8, 4) is 0 Å². The molecule has 0 radical (unpaired) electrons. The van der Waals surface area contributed by atoms with Crippen LogP contribution in [0, 0.1) is 13.8 Å². The molecule has 27 heavy (non-hydrogen) atoms. The molecule has 0 aliphatic carbocycles.